The number of aromatic nitrogens is 2. The lowest BCUT2D eigenvalue weighted by Crippen LogP contribution is -2.40. The lowest BCUT2D eigenvalue weighted by atomic mass is 10.3. The van der Waals surface area contributed by atoms with E-state index in [0.717, 1.165) is 10.3 Å². The molecule has 2 rings (SSSR count). The zero-order valence-electron chi connectivity index (χ0n) is 14.6. The lowest BCUT2D eigenvalue weighted by molar-refractivity contribution is 0.234. The highest BCUT2D eigenvalue weighted by Crippen LogP contribution is 2.18. The molecule has 1 unspecified atom stereocenters. The Hall–Kier alpha value is -3.21. The molecule has 0 saturated carbocycles. The standard InChI is InChI=1S/C17H20N4O4/c1-11(25-13-7-5-12(24-4)6-8-13)10-19-15-14(9-18)16(22)21(3)17(23)20(15)2/h5-8,11,19H,10H2,1-4H3. The second kappa shape index (κ2) is 7.57. The van der Waals surface area contributed by atoms with E-state index in [-0.39, 0.29) is 17.5 Å². The smallest absolute Gasteiger partial charge is 0.332 e. The number of hydrogen-bond acceptors (Lipinski definition) is 6. The second-order valence-corrected chi connectivity index (χ2v) is 5.53. The maximum Gasteiger partial charge on any atom is 0.332 e. The molecule has 0 fully saturated rings. The van der Waals surface area contributed by atoms with Gasteiger partial charge in [0.15, 0.2) is 5.56 Å². The van der Waals surface area contributed by atoms with Gasteiger partial charge in [-0.3, -0.25) is 13.9 Å². The van der Waals surface area contributed by atoms with Crippen LogP contribution in [-0.2, 0) is 14.1 Å². The van der Waals surface area contributed by atoms with E-state index in [1.165, 1.54) is 18.7 Å². The van der Waals surface area contributed by atoms with Crippen molar-refractivity contribution < 1.29 is 9.47 Å². The Morgan fingerprint density at radius 3 is 2.32 bits per heavy atom. The summed E-state index contributed by atoms with van der Waals surface area (Å²) in [5, 5.41) is 12.2. The number of anilines is 1. The summed E-state index contributed by atoms with van der Waals surface area (Å²) in [7, 11) is 4.42. The molecular weight excluding hydrogens is 324 g/mol. The molecule has 132 valence electrons. The quantitative estimate of drug-likeness (QED) is 0.834. The van der Waals surface area contributed by atoms with Gasteiger partial charge in [0.2, 0.25) is 0 Å². The fourth-order valence-corrected chi connectivity index (χ4v) is 2.32. The van der Waals surface area contributed by atoms with E-state index in [9.17, 15) is 14.9 Å². The monoisotopic (exact) mass is 344 g/mol. The highest BCUT2D eigenvalue weighted by atomic mass is 16.5. The van der Waals surface area contributed by atoms with E-state index in [1.54, 1.807) is 31.4 Å². The van der Waals surface area contributed by atoms with E-state index in [1.807, 2.05) is 13.0 Å². The fraction of sp³-hybridized carbons (Fsp3) is 0.353. The van der Waals surface area contributed by atoms with Crippen molar-refractivity contribution in [3.05, 3.63) is 50.7 Å². The Morgan fingerprint density at radius 2 is 1.76 bits per heavy atom. The molecule has 0 aliphatic carbocycles. The summed E-state index contributed by atoms with van der Waals surface area (Å²) < 4.78 is 13.0. The maximum atomic E-state index is 12.0. The maximum absolute atomic E-state index is 12.0. The lowest BCUT2D eigenvalue weighted by Gasteiger charge is -2.18. The van der Waals surface area contributed by atoms with Crippen LogP contribution in [0.1, 0.15) is 12.5 Å². The zero-order valence-corrected chi connectivity index (χ0v) is 14.6. The summed E-state index contributed by atoms with van der Waals surface area (Å²) >= 11 is 0. The van der Waals surface area contributed by atoms with Gasteiger partial charge in [0, 0.05) is 14.1 Å². The van der Waals surface area contributed by atoms with Gasteiger partial charge < -0.3 is 14.8 Å². The molecule has 8 nitrogen and oxygen atoms in total. The van der Waals surface area contributed by atoms with Crippen molar-refractivity contribution in [3.63, 3.8) is 0 Å². The van der Waals surface area contributed by atoms with E-state index >= 15 is 0 Å². The third-order valence-corrected chi connectivity index (χ3v) is 3.73. The molecule has 0 bridgehead atoms. The van der Waals surface area contributed by atoms with E-state index < -0.39 is 11.2 Å². The number of nitrogens with one attached hydrogen (secondary N) is 1. The Bertz CT molecular complexity index is 906. The Morgan fingerprint density at radius 1 is 1.16 bits per heavy atom. The van der Waals surface area contributed by atoms with Crippen molar-refractivity contribution >= 4 is 5.82 Å². The summed E-state index contributed by atoms with van der Waals surface area (Å²) in [5.74, 6) is 1.57. The van der Waals surface area contributed by atoms with Gasteiger partial charge in [-0.2, -0.15) is 5.26 Å². The molecule has 2 aromatic rings. The summed E-state index contributed by atoms with van der Waals surface area (Å²) in [6.07, 6.45) is -0.265. The van der Waals surface area contributed by atoms with Gasteiger partial charge in [-0.25, -0.2) is 4.79 Å². The average Bonchev–Trinajstić information content (AvgIpc) is 2.62. The SMILES string of the molecule is COc1ccc(OC(C)CNc2c(C#N)c(=O)n(C)c(=O)n2C)cc1. The molecule has 1 N–H and O–H groups in total. The first kappa shape index (κ1) is 18.1. The topological polar surface area (TPSA) is 98.3 Å². The molecule has 0 aliphatic rings. The van der Waals surface area contributed by atoms with Crippen LogP contribution in [0, 0.1) is 11.3 Å². The summed E-state index contributed by atoms with van der Waals surface area (Å²) in [4.78, 5) is 24.0. The number of hydrogen-bond donors (Lipinski definition) is 1. The van der Waals surface area contributed by atoms with Crippen molar-refractivity contribution in [2.75, 3.05) is 19.0 Å². The predicted octanol–water partition coefficient (Wildman–Crippen LogP) is 0.844. The largest absolute Gasteiger partial charge is 0.497 e. The minimum Gasteiger partial charge on any atom is -0.497 e. The van der Waals surface area contributed by atoms with Crippen molar-refractivity contribution in [2.45, 2.75) is 13.0 Å². The summed E-state index contributed by atoms with van der Waals surface area (Å²) in [6, 6.07) is 8.98. The second-order valence-electron chi connectivity index (χ2n) is 5.53. The van der Waals surface area contributed by atoms with Gasteiger partial charge >= 0.3 is 5.69 Å². The normalized spacial score (nSPS) is 11.5. The molecule has 1 aromatic carbocycles. The Labute approximate surface area is 144 Å². The van der Waals surface area contributed by atoms with Crippen LogP contribution >= 0.6 is 0 Å². The highest BCUT2D eigenvalue weighted by molar-refractivity contribution is 5.51. The first-order valence-electron chi connectivity index (χ1n) is 7.63. The van der Waals surface area contributed by atoms with Crippen molar-refractivity contribution in [1.82, 2.24) is 9.13 Å². The Balaban J connectivity index is 2.14. The van der Waals surface area contributed by atoms with Crippen LogP contribution in [0.15, 0.2) is 33.9 Å². The van der Waals surface area contributed by atoms with Crippen LogP contribution in [0.3, 0.4) is 0 Å². The van der Waals surface area contributed by atoms with E-state index in [2.05, 4.69) is 5.32 Å². The molecule has 1 aromatic heterocycles. The van der Waals surface area contributed by atoms with Gasteiger partial charge in [-0.05, 0) is 31.2 Å². The number of methoxy groups -OCH3 is 1. The van der Waals surface area contributed by atoms with Crippen LogP contribution in [0.2, 0.25) is 0 Å². The molecule has 0 radical (unpaired) electrons. The van der Waals surface area contributed by atoms with Crippen molar-refractivity contribution in [2.24, 2.45) is 14.1 Å². The number of benzene rings is 1. The molecular formula is C17H20N4O4. The first-order chi connectivity index (χ1) is 11.9. The molecule has 0 amide bonds. The third kappa shape index (κ3) is 3.83. The van der Waals surface area contributed by atoms with Gasteiger partial charge in [-0.1, -0.05) is 0 Å². The molecule has 1 atom stereocenters. The first-order valence-corrected chi connectivity index (χ1v) is 7.63. The van der Waals surface area contributed by atoms with E-state index in [0.29, 0.717) is 12.3 Å². The van der Waals surface area contributed by atoms with Gasteiger partial charge in [0.1, 0.15) is 29.5 Å². The van der Waals surface area contributed by atoms with Gasteiger partial charge in [0.05, 0.1) is 13.7 Å². The van der Waals surface area contributed by atoms with Crippen LogP contribution in [0.25, 0.3) is 0 Å². The predicted molar refractivity (Wildman–Crippen MR) is 93.2 cm³/mol. The zero-order chi connectivity index (χ0) is 18.6. The van der Waals surface area contributed by atoms with Crippen molar-refractivity contribution in [3.8, 4) is 17.6 Å². The van der Waals surface area contributed by atoms with Crippen LogP contribution in [-0.4, -0.2) is 28.9 Å². The summed E-state index contributed by atoms with van der Waals surface area (Å²) in [5.41, 5.74) is -1.24. The van der Waals surface area contributed by atoms with Gasteiger partial charge in [0.25, 0.3) is 5.56 Å². The molecule has 0 saturated heterocycles. The van der Waals surface area contributed by atoms with Crippen LogP contribution in [0.4, 0.5) is 5.82 Å². The van der Waals surface area contributed by atoms with E-state index in [4.69, 9.17) is 9.47 Å². The number of nitriles is 1. The minimum atomic E-state index is -0.628. The molecule has 0 spiro atoms. The van der Waals surface area contributed by atoms with Crippen LogP contribution in [0.5, 0.6) is 11.5 Å². The molecule has 1 heterocycles. The Kier molecular flexibility index (Phi) is 5.49. The number of nitrogens with zero attached hydrogens (tertiary/aromatic N) is 3. The fourth-order valence-electron chi connectivity index (χ4n) is 2.32. The van der Waals surface area contributed by atoms with Crippen molar-refractivity contribution in [1.29, 1.82) is 5.26 Å². The number of ether oxygens (including phenoxy) is 2. The third-order valence-electron chi connectivity index (χ3n) is 3.73. The molecule has 8 heteroatoms. The molecule has 0 aliphatic heterocycles. The molecule has 25 heavy (non-hydrogen) atoms. The minimum absolute atomic E-state index is 0.110. The van der Waals surface area contributed by atoms with Gasteiger partial charge in [-0.15, -0.1) is 0 Å². The van der Waals surface area contributed by atoms with Crippen LogP contribution < -0.4 is 26.0 Å². The summed E-state index contributed by atoms with van der Waals surface area (Å²) in [6.45, 7) is 2.14. The average molecular weight is 344 g/mol. The highest BCUT2D eigenvalue weighted by Gasteiger charge is 2.16. The number of rotatable bonds is 6.